The predicted octanol–water partition coefficient (Wildman–Crippen LogP) is 2.47. The van der Waals surface area contributed by atoms with E-state index < -0.39 is 23.6 Å². The molecule has 0 aliphatic rings. The Kier molecular flexibility index (Phi) is 2.03. The third-order valence-corrected chi connectivity index (χ3v) is 1.23. The molecule has 0 amide bonds. The van der Waals surface area contributed by atoms with Crippen molar-refractivity contribution in [1.29, 1.82) is 0 Å². The van der Waals surface area contributed by atoms with Gasteiger partial charge >= 0.3 is 0 Å². The van der Waals surface area contributed by atoms with Gasteiger partial charge in [-0.2, -0.15) is 0 Å². The van der Waals surface area contributed by atoms with Crippen molar-refractivity contribution >= 4 is 0 Å². The molecule has 1 aromatic carbocycles. The summed E-state index contributed by atoms with van der Waals surface area (Å²) in [5.41, 5.74) is -0.550. The number of alkyl halides is 2. The first kappa shape index (κ1) is 7.91. The summed E-state index contributed by atoms with van der Waals surface area (Å²) in [7, 11) is 0. The standard InChI is InChI=1S/C7H5F3O/c8-4-1-2-5(7(9)10)6(11)3-4/h1-3,7,11H. The summed E-state index contributed by atoms with van der Waals surface area (Å²) in [6.45, 7) is 0. The second kappa shape index (κ2) is 2.82. The van der Waals surface area contributed by atoms with Crippen LogP contribution in [-0.2, 0) is 0 Å². The first-order valence-electron chi connectivity index (χ1n) is 2.88. The highest BCUT2D eigenvalue weighted by molar-refractivity contribution is 5.33. The van der Waals surface area contributed by atoms with Crippen LogP contribution in [0.3, 0.4) is 0 Å². The molecule has 60 valence electrons. The van der Waals surface area contributed by atoms with Gasteiger partial charge in [-0.25, -0.2) is 13.2 Å². The maximum Gasteiger partial charge on any atom is 0.267 e. The largest absolute Gasteiger partial charge is 0.507 e. The highest BCUT2D eigenvalue weighted by Gasteiger charge is 2.12. The Bertz CT molecular complexity index is 260. The minimum absolute atomic E-state index is 0.550. The summed E-state index contributed by atoms with van der Waals surface area (Å²) in [5, 5.41) is 8.74. The minimum atomic E-state index is -2.77. The molecule has 0 heterocycles. The van der Waals surface area contributed by atoms with Gasteiger partial charge in [-0.15, -0.1) is 0 Å². The minimum Gasteiger partial charge on any atom is -0.507 e. The quantitative estimate of drug-likeness (QED) is 0.672. The molecule has 0 bridgehead atoms. The molecule has 0 unspecified atom stereocenters. The van der Waals surface area contributed by atoms with Gasteiger partial charge in [0.1, 0.15) is 11.6 Å². The van der Waals surface area contributed by atoms with Gasteiger partial charge in [-0.3, -0.25) is 0 Å². The lowest BCUT2D eigenvalue weighted by Crippen LogP contribution is -1.85. The molecule has 1 rings (SSSR count). The Morgan fingerprint density at radius 2 is 1.91 bits per heavy atom. The molecule has 0 atom stereocenters. The Labute approximate surface area is 61.1 Å². The molecular formula is C7H5F3O. The molecule has 0 aromatic heterocycles. The lowest BCUT2D eigenvalue weighted by molar-refractivity contribution is 0.147. The van der Waals surface area contributed by atoms with Crippen LogP contribution in [0, 0.1) is 5.82 Å². The number of aromatic hydroxyl groups is 1. The van der Waals surface area contributed by atoms with Gasteiger partial charge in [-0.1, -0.05) is 0 Å². The Morgan fingerprint density at radius 1 is 1.27 bits per heavy atom. The summed E-state index contributed by atoms with van der Waals surface area (Å²) >= 11 is 0. The van der Waals surface area contributed by atoms with E-state index in [0.29, 0.717) is 6.07 Å². The van der Waals surface area contributed by atoms with E-state index in [1.807, 2.05) is 0 Å². The van der Waals surface area contributed by atoms with Crippen LogP contribution in [0.15, 0.2) is 18.2 Å². The van der Waals surface area contributed by atoms with Gasteiger partial charge in [0, 0.05) is 6.07 Å². The van der Waals surface area contributed by atoms with E-state index in [1.54, 1.807) is 0 Å². The molecular weight excluding hydrogens is 157 g/mol. The summed E-state index contributed by atoms with van der Waals surface area (Å²) in [5.74, 6) is -1.44. The number of phenols is 1. The molecule has 11 heavy (non-hydrogen) atoms. The van der Waals surface area contributed by atoms with Gasteiger partial charge in [-0.05, 0) is 12.1 Å². The molecule has 0 radical (unpaired) electrons. The number of rotatable bonds is 1. The average molecular weight is 162 g/mol. The molecule has 0 spiro atoms. The van der Waals surface area contributed by atoms with Gasteiger partial charge in [0.2, 0.25) is 0 Å². The molecule has 1 nitrogen and oxygen atoms in total. The fraction of sp³-hybridized carbons (Fsp3) is 0.143. The second-order valence-electron chi connectivity index (χ2n) is 2.00. The fourth-order valence-electron chi connectivity index (χ4n) is 0.701. The van der Waals surface area contributed by atoms with Gasteiger partial charge in [0.15, 0.2) is 0 Å². The van der Waals surface area contributed by atoms with Crippen molar-refractivity contribution in [3.05, 3.63) is 29.6 Å². The average Bonchev–Trinajstić information content (AvgIpc) is 1.85. The highest BCUT2D eigenvalue weighted by Crippen LogP contribution is 2.27. The van der Waals surface area contributed by atoms with Crippen molar-refractivity contribution in [2.45, 2.75) is 6.43 Å². The lowest BCUT2D eigenvalue weighted by Gasteiger charge is -2.01. The lowest BCUT2D eigenvalue weighted by atomic mass is 10.2. The van der Waals surface area contributed by atoms with Crippen molar-refractivity contribution in [1.82, 2.24) is 0 Å². The zero-order valence-corrected chi connectivity index (χ0v) is 5.39. The van der Waals surface area contributed by atoms with Crippen LogP contribution in [0.4, 0.5) is 13.2 Å². The molecule has 1 N–H and O–H groups in total. The van der Waals surface area contributed by atoms with Crippen LogP contribution in [-0.4, -0.2) is 5.11 Å². The van der Waals surface area contributed by atoms with Crippen LogP contribution < -0.4 is 0 Å². The number of hydrogen-bond acceptors (Lipinski definition) is 1. The first-order valence-corrected chi connectivity index (χ1v) is 2.88. The fourth-order valence-corrected chi connectivity index (χ4v) is 0.701. The molecule has 4 heteroatoms. The van der Waals surface area contributed by atoms with Crippen molar-refractivity contribution in [3.63, 3.8) is 0 Å². The van der Waals surface area contributed by atoms with E-state index in [-0.39, 0.29) is 0 Å². The van der Waals surface area contributed by atoms with Gasteiger partial charge in [0.25, 0.3) is 6.43 Å². The normalized spacial score (nSPS) is 10.5. The first-order chi connectivity index (χ1) is 5.11. The third kappa shape index (κ3) is 1.63. The maximum atomic E-state index is 12.2. The van der Waals surface area contributed by atoms with E-state index >= 15 is 0 Å². The monoisotopic (exact) mass is 162 g/mol. The number of hydrogen-bond donors (Lipinski definition) is 1. The number of benzene rings is 1. The molecule has 0 aliphatic heterocycles. The van der Waals surface area contributed by atoms with Crippen LogP contribution >= 0.6 is 0 Å². The van der Waals surface area contributed by atoms with E-state index in [9.17, 15) is 13.2 Å². The molecule has 0 saturated carbocycles. The smallest absolute Gasteiger partial charge is 0.267 e. The SMILES string of the molecule is Oc1cc(F)ccc1C(F)F. The van der Waals surface area contributed by atoms with Gasteiger partial charge in [0.05, 0.1) is 5.56 Å². The molecule has 0 fully saturated rings. The summed E-state index contributed by atoms with van der Waals surface area (Å²) in [6, 6.07) is 2.39. The van der Waals surface area contributed by atoms with E-state index in [4.69, 9.17) is 5.11 Å². The van der Waals surface area contributed by atoms with Crippen LogP contribution in [0.1, 0.15) is 12.0 Å². The van der Waals surface area contributed by atoms with Crippen molar-refractivity contribution in [2.24, 2.45) is 0 Å². The Hall–Kier alpha value is -1.19. The predicted molar refractivity (Wildman–Crippen MR) is 33.0 cm³/mol. The van der Waals surface area contributed by atoms with Crippen molar-refractivity contribution < 1.29 is 18.3 Å². The van der Waals surface area contributed by atoms with Crippen molar-refractivity contribution in [3.8, 4) is 5.75 Å². The van der Waals surface area contributed by atoms with E-state index in [1.165, 1.54) is 0 Å². The molecule has 1 aromatic rings. The Balaban J connectivity index is 3.09. The summed E-state index contributed by atoms with van der Waals surface area (Å²) in [6.07, 6.45) is -2.77. The zero-order valence-electron chi connectivity index (χ0n) is 5.39. The maximum absolute atomic E-state index is 12.2. The molecule has 0 saturated heterocycles. The summed E-state index contributed by atoms with van der Waals surface area (Å²) in [4.78, 5) is 0. The van der Waals surface area contributed by atoms with Crippen molar-refractivity contribution in [2.75, 3.05) is 0 Å². The summed E-state index contributed by atoms with van der Waals surface area (Å²) < 4.78 is 36.0. The number of halogens is 3. The second-order valence-corrected chi connectivity index (χ2v) is 2.00. The van der Waals surface area contributed by atoms with E-state index in [0.717, 1.165) is 12.1 Å². The highest BCUT2D eigenvalue weighted by atomic mass is 19.3. The number of phenolic OH excluding ortho intramolecular Hbond substituents is 1. The van der Waals surface area contributed by atoms with E-state index in [2.05, 4.69) is 0 Å². The zero-order chi connectivity index (χ0) is 8.43. The topological polar surface area (TPSA) is 20.2 Å². The third-order valence-electron chi connectivity index (χ3n) is 1.23. The van der Waals surface area contributed by atoms with Crippen LogP contribution in [0.2, 0.25) is 0 Å². The van der Waals surface area contributed by atoms with Gasteiger partial charge < -0.3 is 5.11 Å². The Morgan fingerprint density at radius 3 is 2.36 bits per heavy atom. The van der Waals surface area contributed by atoms with Crippen LogP contribution in [0.5, 0.6) is 5.75 Å². The van der Waals surface area contributed by atoms with Crippen LogP contribution in [0.25, 0.3) is 0 Å². The molecule has 0 aliphatic carbocycles.